The van der Waals surface area contributed by atoms with Crippen LogP contribution in [-0.4, -0.2) is 67.2 Å². The van der Waals surface area contributed by atoms with Crippen molar-refractivity contribution in [2.45, 2.75) is 71.0 Å². The molecule has 1 aliphatic rings. The summed E-state index contributed by atoms with van der Waals surface area (Å²) < 4.78 is 0. The van der Waals surface area contributed by atoms with Gasteiger partial charge in [-0.05, 0) is 45.1 Å². The topological polar surface area (TPSA) is 172 Å². The number of nitrogens with one attached hydrogen (secondary N) is 5. The van der Waals surface area contributed by atoms with Gasteiger partial charge in [-0.25, -0.2) is 0 Å². The maximum Gasteiger partial charge on any atom is 0.243 e. The summed E-state index contributed by atoms with van der Waals surface area (Å²) in [6.07, 6.45) is 2.05. The van der Waals surface area contributed by atoms with Gasteiger partial charge in [0.05, 0.1) is 25.2 Å². The summed E-state index contributed by atoms with van der Waals surface area (Å²) >= 11 is 0. The molecule has 11 heteroatoms. The Morgan fingerprint density at radius 2 is 1.76 bits per heavy atom. The van der Waals surface area contributed by atoms with Crippen LogP contribution >= 0.6 is 0 Å². The van der Waals surface area contributed by atoms with Gasteiger partial charge < -0.3 is 32.3 Å². The van der Waals surface area contributed by atoms with Gasteiger partial charge in [0.2, 0.25) is 23.6 Å². The van der Waals surface area contributed by atoms with E-state index in [-0.39, 0.29) is 49.6 Å². The van der Waals surface area contributed by atoms with Crippen LogP contribution in [0.2, 0.25) is 0 Å². The van der Waals surface area contributed by atoms with E-state index in [0.717, 1.165) is 13.0 Å². The molecule has 186 valence electrons. The second-order valence-corrected chi connectivity index (χ2v) is 8.76. The van der Waals surface area contributed by atoms with E-state index in [1.807, 2.05) is 13.8 Å². The molecule has 7 N–H and O–H groups in total. The van der Waals surface area contributed by atoms with Crippen LogP contribution in [0.1, 0.15) is 52.9 Å². The third-order valence-corrected chi connectivity index (χ3v) is 5.14. The SMILES string of the molecule is C=C(NCC(C)=O)[C@H](CC(C)C)NC(=O)C(CCC(N)=O)NC(=O)CNC(=O)C1CCCN1. The lowest BCUT2D eigenvalue weighted by molar-refractivity contribution is -0.130. The maximum atomic E-state index is 13.0. The number of hydrogen-bond acceptors (Lipinski definition) is 7. The second kappa shape index (κ2) is 14.2. The molecule has 0 aromatic rings. The standard InChI is InChI=1S/C22H38N6O5/c1-13(2)10-18(15(4)25-11-14(3)29)28-22(33)17(7-8-19(23)30)27-20(31)12-26-21(32)16-6-5-9-24-16/h13,16-18,24-25H,4-12H2,1-3H3,(H2,23,30)(H,26,32)(H,27,31)(H,28,33)/t16?,17?,18-/m0/s1. The average Bonchev–Trinajstić information content (AvgIpc) is 3.27. The van der Waals surface area contributed by atoms with Crippen molar-refractivity contribution in [2.75, 3.05) is 19.6 Å². The van der Waals surface area contributed by atoms with Gasteiger partial charge in [0, 0.05) is 12.1 Å². The van der Waals surface area contributed by atoms with E-state index in [1.165, 1.54) is 6.92 Å². The Hall–Kier alpha value is -2.95. The zero-order valence-corrected chi connectivity index (χ0v) is 19.8. The predicted octanol–water partition coefficient (Wildman–Crippen LogP) is -1.17. The smallest absolute Gasteiger partial charge is 0.243 e. The molecule has 3 atom stereocenters. The highest BCUT2D eigenvalue weighted by molar-refractivity contribution is 5.91. The minimum Gasteiger partial charge on any atom is -0.380 e. The maximum absolute atomic E-state index is 13.0. The Morgan fingerprint density at radius 3 is 2.30 bits per heavy atom. The lowest BCUT2D eigenvalue weighted by Gasteiger charge is -2.26. The zero-order chi connectivity index (χ0) is 25.0. The van der Waals surface area contributed by atoms with E-state index >= 15 is 0 Å². The lowest BCUT2D eigenvalue weighted by Crippen LogP contribution is -2.53. The Labute approximate surface area is 195 Å². The molecule has 1 aliphatic heterocycles. The zero-order valence-electron chi connectivity index (χ0n) is 19.8. The van der Waals surface area contributed by atoms with Gasteiger partial charge in [0.15, 0.2) is 0 Å². The van der Waals surface area contributed by atoms with Crippen LogP contribution in [-0.2, 0) is 24.0 Å². The average molecular weight is 467 g/mol. The van der Waals surface area contributed by atoms with E-state index in [0.29, 0.717) is 18.5 Å². The van der Waals surface area contributed by atoms with Gasteiger partial charge in [-0.1, -0.05) is 20.4 Å². The summed E-state index contributed by atoms with van der Waals surface area (Å²) in [6, 6.07) is -1.84. The number of nitrogens with two attached hydrogens (primary N) is 1. The molecule has 0 aliphatic carbocycles. The van der Waals surface area contributed by atoms with Crippen molar-refractivity contribution in [2.24, 2.45) is 11.7 Å². The minimum absolute atomic E-state index is 0.00673. The third-order valence-electron chi connectivity index (χ3n) is 5.14. The van der Waals surface area contributed by atoms with Gasteiger partial charge >= 0.3 is 0 Å². The lowest BCUT2D eigenvalue weighted by atomic mass is 10.0. The molecule has 4 amide bonds. The number of rotatable bonds is 15. The van der Waals surface area contributed by atoms with Crippen molar-refractivity contribution >= 4 is 29.4 Å². The van der Waals surface area contributed by atoms with E-state index in [1.54, 1.807) is 0 Å². The van der Waals surface area contributed by atoms with Gasteiger partial charge in [-0.3, -0.25) is 24.0 Å². The summed E-state index contributed by atoms with van der Waals surface area (Å²) in [5.41, 5.74) is 5.70. The van der Waals surface area contributed by atoms with E-state index in [2.05, 4.69) is 33.2 Å². The number of amides is 4. The van der Waals surface area contributed by atoms with E-state index < -0.39 is 29.8 Å². The first-order valence-electron chi connectivity index (χ1n) is 11.3. The van der Waals surface area contributed by atoms with Crippen molar-refractivity contribution in [1.29, 1.82) is 0 Å². The van der Waals surface area contributed by atoms with Crippen LogP contribution in [0, 0.1) is 5.92 Å². The molecule has 1 rings (SSSR count). The first kappa shape index (κ1) is 28.1. The van der Waals surface area contributed by atoms with Gasteiger partial charge in [-0.15, -0.1) is 0 Å². The van der Waals surface area contributed by atoms with E-state index in [4.69, 9.17) is 5.73 Å². The van der Waals surface area contributed by atoms with Crippen LogP contribution in [0.5, 0.6) is 0 Å². The molecule has 1 heterocycles. The molecule has 0 aromatic heterocycles. The normalized spacial score (nSPS) is 17.0. The predicted molar refractivity (Wildman–Crippen MR) is 124 cm³/mol. The first-order chi connectivity index (χ1) is 15.5. The molecule has 0 aromatic carbocycles. The van der Waals surface area contributed by atoms with Gasteiger partial charge in [0.25, 0.3) is 0 Å². The van der Waals surface area contributed by atoms with Crippen LogP contribution < -0.4 is 32.3 Å². The molecule has 33 heavy (non-hydrogen) atoms. The number of Topliss-reactive ketones (excluding diaryl/α,β-unsaturated/α-hetero) is 1. The highest BCUT2D eigenvalue weighted by Gasteiger charge is 2.27. The third kappa shape index (κ3) is 11.5. The molecular formula is C22H38N6O5. The molecule has 0 radical (unpaired) electrons. The van der Waals surface area contributed by atoms with Crippen LogP contribution in [0.3, 0.4) is 0 Å². The van der Waals surface area contributed by atoms with Crippen molar-refractivity contribution in [3.63, 3.8) is 0 Å². The Morgan fingerprint density at radius 1 is 1.06 bits per heavy atom. The van der Waals surface area contributed by atoms with Crippen molar-refractivity contribution < 1.29 is 24.0 Å². The molecule has 11 nitrogen and oxygen atoms in total. The summed E-state index contributed by atoms with van der Waals surface area (Å²) in [6.45, 7) is 9.86. The Bertz CT molecular complexity index is 733. The summed E-state index contributed by atoms with van der Waals surface area (Å²) in [5.74, 6) is -1.80. The van der Waals surface area contributed by atoms with Crippen molar-refractivity contribution in [3.05, 3.63) is 12.3 Å². The number of carbonyl (C=O) groups excluding carboxylic acids is 5. The van der Waals surface area contributed by atoms with Crippen molar-refractivity contribution in [3.8, 4) is 0 Å². The largest absolute Gasteiger partial charge is 0.380 e. The molecule has 0 spiro atoms. The summed E-state index contributed by atoms with van der Waals surface area (Å²) in [4.78, 5) is 60.0. The summed E-state index contributed by atoms with van der Waals surface area (Å²) in [7, 11) is 0. The Balaban J connectivity index is 2.75. The molecular weight excluding hydrogens is 428 g/mol. The fourth-order valence-electron chi connectivity index (χ4n) is 3.39. The monoisotopic (exact) mass is 466 g/mol. The minimum atomic E-state index is -1.03. The highest BCUT2D eigenvalue weighted by Crippen LogP contribution is 2.11. The number of carbonyl (C=O) groups is 5. The van der Waals surface area contributed by atoms with Crippen LogP contribution in [0.25, 0.3) is 0 Å². The van der Waals surface area contributed by atoms with Crippen LogP contribution in [0.15, 0.2) is 12.3 Å². The molecule has 0 bridgehead atoms. The fraction of sp³-hybridized carbons (Fsp3) is 0.682. The van der Waals surface area contributed by atoms with Crippen molar-refractivity contribution in [1.82, 2.24) is 26.6 Å². The highest BCUT2D eigenvalue weighted by atomic mass is 16.2. The molecule has 2 unspecified atom stereocenters. The number of ketones is 1. The van der Waals surface area contributed by atoms with Crippen LogP contribution in [0.4, 0.5) is 0 Å². The second-order valence-electron chi connectivity index (χ2n) is 8.76. The Kier molecular flexibility index (Phi) is 12.1. The molecule has 1 saturated heterocycles. The quantitative estimate of drug-likeness (QED) is 0.176. The summed E-state index contributed by atoms with van der Waals surface area (Å²) in [5, 5.41) is 13.9. The molecule has 1 fully saturated rings. The van der Waals surface area contributed by atoms with E-state index in [9.17, 15) is 24.0 Å². The van der Waals surface area contributed by atoms with Gasteiger partial charge in [0.1, 0.15) is 11.8 Å². The first-order valence-corrected chi connectivity index (χ1v) is 11.3. The number of primary amides is 1. The fourth-order valence-corrected chi connectivity index (χ4v) is 3.39. The molecule has 0 saturated carbocycles. The van der Waals surface area contributed by atoms with Gasteiger partial charge in [-0.2, -0.15) is 0 Å². The number of hydrogen-bond donors (Lipinski definition) is 6.